The van der Waals surface area contributed by atoms with Gasteiger partial charge in [-0.3, -0.25) is 9.59 Å². The molecule has 5 nitrogen and oxygen atoms in total. The third-order valence-corrected chi connectivity index (χ3v) is 2.75. The summed E-state index contributed by atoms with van der Waals surface area (Å²) in [6, 6.07) is 0. The highest BCUT2D eigenvalue weighted by Gasteiger charge is 2.44. The molecule has 1 N–H and O–H groups in total. The Labute approximate surface area is 101 Å². The number of aliphatic hydroxyl groups is 1. The van der Waals surface area contributed by atoms with Crippen LogP contribution in [0.4, 0.5) is 0 Å². The monoisotopic (exact) mass is 244 g/mol. The fourth-order valence-corrected chi connectivity index (χ4v) is 2.06. The van der Waals surface area contributed by atoms with Gasteiger partial charge in [0.2, 0.25) is 0 Å². The number of aliphatic hydroxyl groups excluding tert-OH is 1. The number of carbonyl (C=O) groups excluding carboxylic acids is 2. The fourth-order valence-electron chi connectivity index (χ4n) is 2.06. The molecule has 0 aromatic heterocycles. The second-order valence-corrected chi connectivity index (χ2v) is 5.39. The van der Waals surface area contributed by atoms with E-state index in [0.29, 0.717) is 0 Å². The van der Waals surface area contributed by atoms with E-state index in [0.717, 1.165) is 0 Å². The van der Waals surface area contributed by atoms with Crippen LogP contribution < -0.4 is 0 Å². The van der Waals surface area contributed by atoms with Crippen molar-refractivity contribution in [2.75, 3.05) is 7.11 Å². The summed E-state index contributed by atoms with van der Waals surface area (Å²) in [7, 11) is 1.28. The van der Waals surface area contributed by atoms with Gasteiger partial charge in [-0.1, -0.05) is 0 Å². The molecule has 0 heterocycles. The number of rotatable bonds is 2. The van der Waals surface area contributed by atoms with Gasteiger partial charge in [0.25, 0.3) is 0 Å². The van der Waals surface area contributed by atoms with Crippen molar-refractivity contribution in [1.29, 1.82) is 0 Å². The van der Waals surface area contributed by atoms with E-state index in [1.807, 2.05) is 0 Å². The molecule has 1 fully saturated rings. The predicted molar refractivity (Wildman–Crippen MR) is 60.1 cm³/mol. The second-order valence-electron chi connectivity index (χ2n) is 5.39. The molecule has 1 unspecified atom stereocenters. The van der Waals surface area contributed by atoms with E-state index in [1.165, 1.54) is 7.11 Å². The number of hydrogen-bond donors (Lipinski definition) is 1. The molecule has 1 saturated carbocycles. The van der Waals surface area contributed by atoms with Gasteiger partial charge in [-0.25, -0.2) is 0 Å². The molecule has 98 valence electrons. The summed E-state index contributed by atoms with van der Waals surface area (Å²) in [5, 5.41) is 9.55. The summed E-state index contributed by atoms with van der Waals surface area (Å²) >= 11 is 0. The van der Waals surface area contributed by atoms with Crippen molar-refractivity contribution in [2.24, 2.45) is 11.8 Å². The quantitative estimate of drug-likeness (QED) is 0.730. The Balaban J connectivity index is 2.73. The molecule has 3 atom stereocenters. The average molecular weight is 244 g/mol. The van der Waals surface area contributed by atoms with Crippen molar-refractivity contribution in [2.45, 2.75) is 45.3 Å². The molecule has 0 amide bonds. The zero-order chi connectivity index (χ0) is 13.2. The lowest BCUT2D eigenvalue weighted by molar-refractivity contribution is -0.166. The zero-order valence-electron chi connectivity index (χ0n) is 10.7. The van der Waals surface area contributed by atoms with Crippen LogP contribution in [0.1, 0.15) is 33.6 Å². The van der Waals surface area contributed by atoms with Gasteiger partial charge in [0, 0.05) is 0 Å². The molecule has 0 aliphatic heterocycles. The molecule has 0 aromatic carbocycles. The molecule has 1 rings (SSSR count). The molecule has 0 saturated heterocycles. The smallest absolute Gasteiger partial charge is 0.310 e. The summed E-state index contributed by atoms with van der Waals surface area (Å²) < 4.78 is 9.87. The number of hydrogen-bond acceptors (Lipinski definition) is 5. The first-order chi connectivity index (χ1) is 7.74. The lowest BCUT2D eigenvalue weighted by Crippen LogP contribution is -2.33. The van der Waals surface area contributed by atoms with Crippen LogP contribution in [0, 0.1) is 11.8 Å². The Bertz CT molecular complexity index is 305. The van der Waals surface area contributed by atoms with Gasteiger partial charge in [-0.05, 0) is 33.6 Å². The fraction of sp³-hybridized carbons (Fsp3) is 0.833. The van der Waals surface area contributed by atoms with E-state index in [4.69, 9.17) is 4.74 Å². The summed E-state index contributed by atoms with van der Waals surface area (Å²) in [6.07, 6.45) is -0.123. The maximum atomic E-state index is 11.9. The average Bonchev–Trinajstić information content (AvgIpc) is 2.56. The van der Waals surface area contributed by atoms with E-state index < -0.39 is 35.5 Å². The van der Waals surface area contributed by atoms with Gasteiger partial charge >= 0.3 is 11.9 Å². The van der Waals surface area contributed by atoms with Gasteiger partial charge in [0.05, 0.1) is 25.0 Å². The lowest BCUT2D eigenvalue weighted by Gasteiger charge is -2.23. The van der Waals surface area contributed by atoms with Crippen molar-refractivity contribution in [1.82, 2.24) is 0 Å². The second kappa shape index (κ2) is 5.04. The van der Waals surface area contributed by atoms with Crippen LogP contribution in [-0.2, 0) is 19.1 Å². The third kappa shape index (κ3) is 3.70. The van der Waals surface area contributed by atoms with E-state index in [9.17, 15) is 14.7 Å². The highest BCUT2D eigenvalue weighted by Crippen LogP contribution is 2.34. The molecule has 1 aliphatic rings. The highest BCUT2D eigenvalue weighted by molar-refractivity contribution is 5.83. The van der Waals surface area contributed by atoms with Crippen LogP contribution in [0.2, 0.25) is 0 Å². The van der Waals surface area contributed by atoms with Crippen molar-refractivity contribution in [3.63, 3.8) is 0 Å². The van der Waals surface area contributed by atoms with Gasteiger partial charge in [-0.15, -0.1) is 0 Å². The summed E-state index contributed by atoms with van der Waals surface area (Å²) in [6.45, 7) is 5.30. The van der Waals surface area contributed by atoms with Crippen LogP contribution in [0.15, 0.2) is 0 Å². The zero-order valence-corrected chi connectivity index (χ0v) is 10.7. The Morgan fingerprint density at radius 1 is 1.12 bits per heavy atom. The minimum atomic E-state index is -0.642. The minimum absolute atomic E-state index is 0.259. The molecule has 0 radical (unpaired) electrons. The Morgan fingerprint density at radius 3 is 2.00 bits per heavy atom. The van der Waals surface area contributed by atoms with Crippen molar-refractivity contribution >= 4 is 11.9 Å². The maximum Gasteiger partial charge on any atom is 0.310 e. The first kappa shape index (κ1) is 14.0. The van der Waals surface area contributed by atoms with E-state index in [-0.39, 0.29) is 12.8 Å². The van der Waals surface area contributed by atoms with Crippen molar-refractivity contribution in [3.8, 4) is 0 Å². The summed E-state index contributed by atoms with van der Waals surface area (Å²) in [4.78, 5) is 23.4. The van der Waals surface area contributed by atoms with Gasteiger partial charge in [0.15, 0.2) is 0 Å². The molecule has 1 aliphatic carbocycles. The molecule has 17 heavy (non-hydrogen) atoms. The van der Waals surface area contributed by atoms with Gasteiger partial charge in [0.1, 0.15) is 5.60 Å². The number of methoxy groups -OCH3 is 1. The number of carbonyl (C=O) groups is 2. The van der Waals surface area contributed by atoms with Crippen molar-refractivity contribution in [3.05, 3.63) is 0 Å². The Hall–Kier alpha value is -1.10. The molecule has 0 spiro atoms. The highest BCUT2D eigenvalue weighted by atomic mass is 16.6. The van der Waals surface area contributed by atoms with Crippen molar-refractivity contribution < 1.29 is 24.2 Å². The first-order valence-electron chi connectivity index (χ1n) is 5.73. The van der Waals surface area contributed by atoms with Crippen LogP contribution >= 0.6 is 0 Å². The van der Waals surface area contributed by atoms with Crippen LogP contribution in [-0.4, -0.2) is 35.9 Å². The van der Waals surface area contributed by atoms with Gasteiger partial charge in [-0.2, -0.15) is 0 Å². The van der Waals surface area contributed by atoms with E-state index in [2.05, 4.69) is 4.74 Å². The van der Waals surface area contributed by atoms with Crippen LogP contribution in [0.3, 0.4) is 0 Å². The topological polar surface area (TPSA) is 72.8 Å². The third-order valence-electron chi connectivity index (χ3n) is 2.75. The Kier molecular flexibility index (Phi) is 4.14. The number of esters is 2. The SMILES string of the molecule is COC(=O)[C@@H]1CC(O)C[C@H]1C(=O)OC(C)(C)C. The minimum Gasteiger partial charge on any atom is -0.469 e. The maximum absolute atomic E-state index is 11.9. The molecule has 0 bridgehead atoms. The first-order valence-corrected chi connectivity index (χ1v) is 5.73. The van der Waals surface area contributed by atoms with E-state index in [1.54, 1.807) is 20.8 Å². The van der Waals surface area contributed by atoms with E-state index >= 15 is 0 Å². The number of ether oxygens (including phenoxy) is 2. The normalized spacial score (nSPS) is 28.9. The van der Waals surface area contributed by atoms with Crippen LogP contribution in [0.5, 0.6) is 0 Å². The van der Waals surface area contributed by atoms with Gasteiger partial charge < -0.3 is 14.6 Å². The molecule has 0 aromatic rings. The summed E-state index contributed by atoms with van der Waals surface area (Å²) in [5.74, 6) is -2.09. The predicted octanol–water partition coefficient (Wildman–Crippen LogP) is 0.888. The standard InChI is InChI=1S/C12H20O5/c1-12(2,3)17-11(15)9-6-7(13)5-8(9)10(14)16-4/h7-9,13H,5-6H2,1-4H3/t7?,8-,9-/m1/s1. The summed E-state index contributed by atoms with van der Waals surface area (Å²) in [5.41, 5.74) is -0.592. The van der Waals surface area contributed by atoms with Crippen LogP contribution in [0.25, 0.3) is 0 Å². The lowest BCUT2D eigenvalue weighted by atomic mass is 9.96. The largest absolute Gasteiger partial charge is 0.469 e. The molecule has 5 heteroatoms. The Morgan fingerprint density at radius 2 is 1.59 bits per heavy atom. The molecular weight excluding hydrogens is 224 g/mol. The molecular formula is C12H20O5.